The van der Waals surface area contributed by atoms with Gasteiger partial charge in [0.1, 0.15) is 11.8 Å². The summed E-state index contributed by atoms with van der Waals surface area (Å²) in [6.45, 7) is 0. The summed E-state index contributed by atoms with van der Waals surface area (Å²) >= 11 is 0. The Hall–Kier alpha value is -4.26. The number of imide groups is 1. The molecule has 0 aliphatic carbocycles. The summed E-state index contributed by atoms with van der Waals surface area (Å²) in [5, 5.41) is 6.26. The van der Waals surface area contributed by atoms with Crippen molar-refractivity contribution in [2.75, 3.05) is 12.0 Å². The fraction of sp³-hybridized carbons (Fsp3) is 0.185. The van der Waals surface area contributed by atoms with Gasteiger partial charge in [0.05, 0.1) is 36.9 Å². The van der Waals surface area contributed by atoms with Crippen LogP contribution in [0.5, 0.6) is 5.75 Å². The van der Waals surface area contributed by atoms with Crippen molar-refractivity contribution in [3.63, 3.8) is 0 Å². The molecule has 3 aromatic carbocycles. The Morgan fingerprint density at radius 1 is 0.853 bits per heavy atom. The highest BCUT2D eigenvalue weighted by Crippen LogP contribution is 2.53. The predicted octanol–water partition coefficient (Wildman–Crippen LogP) is 3.46. The zero-order chi connectivity index (χ0) is 23.4. The van der Waals surface area contributed by atoms with E-state index in [2.05, 4.69) is 5.10 Å². The van der Waals surface area contributed by atoms with E-state index in [1.807, 2.05) is 30.3 Å². The van der Waals surface area contributed by atoms with Gasteiger partial charge in [0.25, 0.3) is 0 Å². The van der Waals surface area contributed by atoms with Crippen molar-refractivity contribution in [2.24, 2.45) is 16.9 Å². The zero-order valence-corrected chi connectivity index (χ0v) is 18.4. The highest BCUT2D eigenvalue weighted by atomic mass is 16.5. The third-order valence-corrected chi connectivity index (χ3v) is 6.95. The van der Waals surface area contributed by atoms with Crippen LogP contribution in [0.1, 0.15) is 27.5 Å². The van der Waals surface area contributed by atoms with Gasteiger partial charge in [-0.3, -0.25) is 19.4 Å². The van der Waals surface area contributed by atoms with Crippen LogP contribution in [-0.4, -0.2) is 42.0 Å². The smallest absolute Gasteiger partial charge is 0.240 e. The lowest BCUT2D eigenvalue weighted by Gasteiger charge is -2.33. The fourth-order valence-electron chi connectivity index (χ4n) is 5.43. The lowest BCUT2D eigenvalue weighted by Crippen LogP contribution is -2.44. The first-order chi connectivity index (χ1) is 16.6. The summed E-state index contributed by atoms with van der Waals surface area (Å²) in [7, 11) is 1.56. The molecule has 6 rings (SSSR count). The van der Waals surface area contributed by atoms with Gasteiger partial charge in [-0.1, -0.05) is 54.6 Å². The standard InChI is InChI=1S/C27H21N3O4/c1-34-19-13-11-18(12-14-19)29-26(32)21-22(27(29)33)24(25(31)16-7-3-2-4-8-16)30-23(21)20-10-6-5-9-17(20)15-28-30/h2-15,21-24H,1H3/t21-,22+,23+,24-/m0/s1. The molecule has 0 saturated carbocycles. The van der Waals surface area contributed by atoms with Crippen LogP contribution in [0.2, 0.25) is 0 Å². The maximum Gasteiger partial charge on any atom is 0.240 e. The minimum atomic E-state index is -0.873. The van der Waals surface area contributed by atoms with Crippen LogP contribution in [0.15, 0.2) is 84.0 Å². The second-order valence-corrected chi connectivity index (χ2v) is 8.63. The number of nitrogens with zero attached hydrogens (tertiary/aromatic N) is 3. The van der Waals surface area contributed by atoms with E-state index in [1.54, 1.807) is 66.9 Å². The molecule has 0 bridgehead atoms. The molecule has 3 aliphatic heterocycles. The summed E-state index contributed by atoms with van der Waals surface area (Å²) < 4.78 is 5.21. The van der Waals surface area contributed by atoms with Gasteiger partial charge in [-0.05, 0) is 35.4 Å². The molecule has 168 valence electrons. The second kappa shape index (κ2) is 7.66. The molecule has 7 heteroatoms. The summed E-state index contributed by atoms with van der Waals surface area (Å²) in [6.07, 6.45) is 1.70. The quantitative estimate of drug-likeness (QED) is 0.448. The number of hydrogen-bond donors (Lipinski definition) is 0. The molecule has 0 N–H and O–H groups in total. The molecular weight excluding hydrogens is 430 g/mol. The highest BCUT2D eigenvalue weighted by molar-refractivity contribution is 6.24. The van der Waals surface area contributed by atoms with Crippen LogP contribution in [0.3, 0.4) is 0 Å². The number of rotatable bonds is 4. The SMILES string of the molecule is COc1ccc(N2C(=O)[C@@H]3[C@H](C2=O)[C@H]2c4ccccc4C=NN2[C@@H]3C(=O)c2ccccc2)cc1. The Labute approximate surface area is 196 Å². The maximum absolute atomic E-state index is 13.8. The van der Waals surface area contributed by atoms with Crippen molar-refractivity contribution in [3.05, 3.63) is 95.6 Å². The van der Waals surface area contributed by atoms with E-state index in [9.17, 15) is 14.4 Å². The molecule has 3 heterocycles. The van der Waals surface area contributed by atoms with E-state index in [0.29, 0.717) is 17.0 Å². The molecular formula is C27H21N3O4. The second-order valence-electron chi connectivity index (χ2n) is 8.63. The third kappa shape index (κ3) is 2.83. The van der Waals surface area contributed by atoms with Gasteiger partial charge in [0.2, 0.25) is 11.8 Å². The van der Waals surface area contributed by atoms with Gasteiger partial charge in [-0.2, -0.15) is 5.10 Å². The maximum atomic E-state index is 13.8. The first-order valence-corrected chi connectivity index (χ1v) is 11.1. The van der Waals surface area contributed by atoms with E-state index in [1.165, 1.54) is 4.90 Å². The molecule has 2 amide bonds. The lowest BCUT2D eigenvalue weighted by molar-refractivity contribution is -0.124. The number of anilines is 1. The average molecular weight is 451 g/mol. The Bertz CT molecular complexity index is 1340. The van der Waals surface area contributed by atoms with E-state index >= 15 is 0 Å². The molecule has 34 heavy (non-hydrogen) atoms. The number of hydrazone groups is 1. The first-order valence-electron chi connectivity index (χ1n) is 11.1. The molecule has 0 radical (unpaired) electrons. The first kappa shape index (κ1) is 20.4. The molecule has 7 nitrogen and oxygen atoms in total. The summed E-state index contributed by atoms with van der Waals surface area (Å²) in [6, 6.07) is 22.0. The van der Waals surface area contributed by atoms with Crippen molar-refractivity contribution in [3.8, 4) is 5.75 Å². The van der Waals surface area contributed by atoms with Crippen LogP contribution in [-0.2, 0) is 9.59 Å². The Balaban J connectivity index is 1.48. The Kier molecular flexibility index (Phi) is 4.58. The van der Waals surface area contributed by atoms with Crippen molar-refractivity contribution in [1.29, 1.82) is 0 Å². The number of ether oxygens (including phenoxy) is 1. The summed E-state index contributed by atoms with van der Waals surface area (Å²) in [5.41, 5.74) is 2.74. The van der Waals surface area contributed by atoms with Crippen molar-refractivity contribution >= 4 is 29.5 Å². The summed E-state index contributed by atoms with van der Waals surface area (Å²) in [4.78, 5) is 42.5. The molecule has 3 aromatic rings. The topological polar surface area (TPSA) is 79.3 Å². The number of fused-ring (bicyclic) bond motifs is 5. The van der Waals surface area contributed by atoms with Crippen LogP contribution < -0.4 is 9.64 Å². The van der Waals surface area contributed by atoms with Gasteiger partial charge >= 0.3 is 0 Å². The molecule has 2 fully saturated rings. The third-order valence-electron chi connectivity index (χ3n) is 6.95. The minimum Gasteiger partial charge on any atom is -0.497 e. The normalized spacial score (nSPS) is 24.6. The van der Waals surface area contributed by atoms with Gasteiger partial charge in [0.15, 0.2) is 5.78 Å². The Morgan fingerprint density at radius 3 is 2.26 bits per heavy atom. The average Bonchev–Trinajstić information content (AvgIpc) is 3.36. The van der Waals surface area contributed by atoms with E-state index in [0.717, 1.165) is 11.1 Å². The van der Waals surface area contributed by atoms with Crippen molar-refractivity contribution in [1.82, 2.24) is 5.01 Å². The molecule has 2 saturated heterocycles. The van der Waals surface area contributed by atoms with E-state index in [4.69, 9.17) is 4.74 Å². The highest BCUT2D eigenvalue weighted by Gasteiger charge is 2.65. The predicted molar refractivity (Wildman–Crippen MR) is 126 cm³/mol. The molecule has 3 aliphatic rings. The Morgan fingerprint density at radius 2 is 1.53 bits per heavy atom. The molecule has 0 unspecified atom stereocenters. The number of methoxy groups -OCH3 is 1. The largest absolute Gasteiger partial charge is 0.497 e. The van der Waals surface area contributed by atoms with Gasteiger partial charge in [0, 0.05) is 5.56 Å². The van der Waals surface area contributed by atoms with Crippen LogP contribution in [0, 0.1) is 11.8 Å². The lowest BCUT2D eigenvalue weighted by atomic mass is 9.83. The number of ketones is 1. The molecule has 0 aromatic heterocycles. The zero-order valence-electron chi connectivity index (χ0n) is 18.4. The number of hydrogen-bond acceptors (Lipinski definition) is 6. The fourth-order valence-corrected chi connectivity index (χ4v) is 5.43. The number of Topliss-reactive ketones (excluding diaryl/α,β-unsaturated/α-hetero) is 1. The van der Waals surface area contributed by atoms with Crippen molar-refractivity contribution < 1.29 is 19.1 Å². The van der Waals surface area contributed by atoms with Crippen molar-refractivity contribution in [2.45, 2.75) is 12.1 Å². The van der Waals surface area contributed by atoms with Gasteiger partial charge in [-0.15, -0.1) is 0 Å². The molecule has 4 atom stereocenters. The van der Waals surface area contributed by atoms with Crippen LogP contribution >= 0.6 is 0 Å². The number of benzene rings is 3. The summed E-state index contributed by atoms with van der Waals surface area (Å²) in [5.74, 6) is -1.84. The number of carbonyl (C=O) groups is 3. The molecule has 0 spiro atoms. The van der Waals surface area contributed by atoms with Gasteiger partial charge in [-0.25, -0.2) is 4.90 Å². The van der Waals surface area contributed by atoms with Crippen LogP contribution in [0.25, 0.3) is 0 Å². The van der Waals surface area contributed by atoms with E-state index < -0.39 is 23.9 Å². The van der Waals surface area contributed by atoms with Crippen LogP contribution in [0.4, 0.5) is 5.69 Å². The van der Waals surface area contributed by atoms with E-state index in [-0.39, 0.29) is 17.6 Å². The minimum absolute atomic E-state index is 0.215. The number of carbonyl (C=O) groups excluding carboxylic acids is 3. The van der Waals surface area contributed by atoms with Gasteiger partial charge < -0.3 is 4.74 Å². The monoisotopic (exact) mass is 451 g/mol. The number of amides is 2.